The summed E-state index contributed by atoms with van der Waals surface area (Å²) in [5.41, 5.74) is 3.41. The summed E-state index contributed by atoms with van der Waals surface area (Å²) in [6, 6.07) is 19.3. The minimum Gasteiger partial charge on any atom is -0.481 e. The molecule has 0 unspecified atom stereocenters. The zero-order valence-corrected chi connectivity index (χ0v) is 18.5. The minimum atomic E-state index is -4.47. The molecule has 0 radical (unpaired) electrons. The molecular weight excluding hydrogens is 463 g/mol. The van der Waals surface area contributed by atoms with Gasteiger partial charge in [-0.1, -0.05) is 42.5 Å². The second-order valence-corrected chi connectivity index (χ2v) is 8.83. The fourth-order valence-electron chi connectivity index (χ4n) is 4.01. The summed E-state index contributed by atoms with van der Waals surface area (Å²) in [6.45, 7) is 0.339. The highest BCUT2D eigenvalue weighted by Crippen LogP contribution is 2.45. The maximum Gasteiger partial charge on any atom is 0.426 e. The summed E-state index contributed by atoms with van der Waals surface area (Å²) in [4.78, 5) is 10.7. The zero-order chi connectivity index (χ0) is 23.9. The predicted molar refractivity (Wildman–Crippen MR) is 126 cm³/mol. The molecule has 5 rings (SSSR count). The lowest BCUT2D eigenvalue weighted by Crippen LogP contribution is -2.03. The molecular formula is C25H18F3N3O2S. The normalized spacial score (nSPS) is 11.9. The Hall–Kier alpha value is -3.85. The highest BCUT2D eigenvalue weighted by molar-refractivity contribution is 7.16. The van der Waals surface area contributed by atoms with Crippen molar-refractivity contribution in [3.63, 3.8) is 0 Å². The molecule has 3 heterocycles. The Balaban J connectivity index is 1.53. The Morgan fingerprint density at radius 3 is 2.56 bits per heavy atom. The highest BCUT2D eigenvalue weighted by atomic mass is 32.1. The van der Waals surface area contributed by atoms with Gasteiger partial charge in [0.15, 0.2) is 0 Å². The number of carbonyl (C=O) groups is 1. The van der Waals surface area contributed by atoms with E-state index in [0.717, 1.165) is 16.5 Å². The maximum atomic E-state index is 13.8. The van der Waals surface area contributed by atoms with Crippen LogP contribution in [0.25, 0.3) is 43.9 Å². The van der Waals surface area contributed by atoms with Crippen LogP contribution in [0.2, 0.25) is 0 Å². The second-order valence-electron chi connectivity index (χ2n) is 7.78. The van der Waals surface area contributed by atoms with Crippen molar-refractivity contribution in [2.24, 2.45) is 0 Å². The molecule has 0 atom stereocenters. The monoisotopic (exact) mass is 481 g/mol. The van der Waals surface area contributed by atoms with E-state index in [1.807, 2.05) is 35.0 Å². The number of alkyl halides is 3. The van der Waals surface area contributed by atoms with Gasteiger partial charge in [-0.25, -0.2) is 0 Å². The number of H-pyrrole nitrogens is 1. The lowest BCUT2D eigenvalue weighted by Gasteiger charge is -2.07. The van der Waals surface area contributed by atoms with Crippen molar-refractivity contribution in [3.8, 4) is 33.0 Å². The molecule has 0 aliphatic carbocycles. The number of rotatable bonds is 6. The van der Waals surface area contributed by atoms with Crippen LogP contribution in [0.5, 0.6) is 0 Å². The number of hydrogen-bond donors (Lipinski definition) is 2. The molecule has 2 N–H and O–H groups in total. The van der Waals surface area contributed by atoms with Gasteiger partial charge < -0.3 is 9.67 Å². The number of nitrogens with zero attached hydrogens (tertiary/aromatic N) is 2. The van der Waals surface area contributed by atoms with Gasteiger partial charge in [0.2, 0.25) is 0 Å². The summed E-state index contributed by atoms with van der Waals surface area (Å²) in [6.07, 6.45) is -2.64. The number of aliphatic carboxylic acids is 1. The molecule has 0 aliphatic rings. The summed E-state index contributed by atoms with van der Waals surface area (Å²) >= 11 is 0.684. The van der Waals surface area contributed by atoms with Crippen molar-refractivity contribution in [1.29, 1.82) is 0 Å². The van der Waals surface area contributed by atoms with Crippen LogP contribution < -0.4 is 0 Å². The average molecular weight is 481 g/mol. The third-order valence-electron chi connectivity index (χ3n) is 5.57. The van der Waals surface area contributed by atoms with Crippen LogP contribution in [0.4, 0.5) is 13.2 Å². The average Bonchev–Trinajstić information content (AvgIpc) is 3.55. The molecule has 0 fully saturated rings. The van der Waals surface area contributed by atoms with Gasteiger partial charge in [0.25, 0.3) is 0 Å². The van der Waals surface area contributed by atoms with E-state index in [0.29, 0.717) is 39.7 Å². The Bertz CT molecular complexity index is 1480. The van der Waals surface area contributed by atoms with Gasteiger partial charge in [-0.15, -0.1) is 11.3 Å². The van der Waals surface area contributed by atoms with Gasteiger partial charge >= 0.3 is 12.1 Å². The number of carboxylic acid groups (broad SMARTS) is 1. The fraction of sp³-hybridized carbons (Fsp3) is 0.120. The first-order chi connectivity index (χ1) is 16.3. The number of benzene rings is 2. The molecule has 34 heavy (non-hydrogen) atoms. The van der Waals surface area contributed by atoms with E-state index in [1.54, 1.807) is 42.5 Å². The quantitative estimate of drug-likeness (QED) is 0.277. The third kappa shape index (κ3) is 4.10. The lowest BCUT2D eigenvalue weighted by atomic mass is 10.0. The van der Waals surface area contributed by atoms with Crippen molar-refractivity contribution in [1.82, 2.24) is 14.8 Å². The molecule has 0 spiro atoms. The van der Waals surface area contributed by atoms with E-state index in [4.69, 9.17) is 5.11 Å². The van der Waals surface area contributed by atoms with Crippen molar-refractivity contribution >= 4 is 28.2 Å². The van der Waals surface area contributed by atoms with E-state index < -0.39 is 17.0 Å². The number of carboxylic acids is 1. The van der Waals surface area contributed by atoms with Crippen LogP contribution >= 0.6 is 11.3 Å². The van der Waals surface area contributed by atoms with E-state index in [-0.39, 0.29) is 12.0 Å². The van der Waals surface area contributed by atoms with Crippen LogP contribution in [0.3, 0.4) is 0 Å². The first-order valence-corrected chi connectivity index (χ1v) is 11.2. The number of halogens is 3. The highest BCUT2D eigenvalue weighted by Gasteiger charge is 2.36. The number of aromatic amines is 1. The molecule has 0 aliphatic heterocycles. The number of hydrogen-bond acceptors (Lipinski definition) is 3. The predicted octanol–water partition coefficient (Wildman–Crippen LogP) is 6.92. The van der Waals surface area contributed by atoms with E-state index in [9.17, 15) is 18.0 Å². The van der Waals surface area contributed by atoms with E-state index in [1.165, 1.54) is 0 Å². The standard InChI is InChI=1S/C25H18F3N3O2S/c26-25(27,28)24-18(15-5-2-1-3-6-15)13-22(34-24)20-14-19(29-30-20)16-7-4-8-21-17(16)9-11-31(21)12-10-23(32)33/h1-9,11,13-14H,10,12H2,(H,29,30)(H,32,33). The molecule has 5 nitrogen and oxygen atoms in total. The molecule has 9 heteroatoms. The van der Waals surface area contributed by atoms with Crippen molar-refractivity contribution in [2.45, 2.75) is 19.1 Å². The Kier molecular flexibility index (Phi) is 5.49. The molecule has 5 aromatic rings. The van der Waals surface area contributed by atoms with Crippen LogP contribution in [-0.2, 0) is 17.5 Å². The molecule has 0 saturated carbocycles. The second kappa shape index (κ2) is 8.49. The number of aryl methyl sites for hydroxylation is 1. The van der Waals surface area contributed by atoms with Gasteiger partial charge in [-0.3, -0.25) is 9.89 Å². The SMILES string of the molecule is O=C(O)CCn1ccc2c(-c3cc(-c4cc(-c5ccccc5)c(C(F)(F)F)s4)[nH]n3)cccc21. The van der Waals surface area contributed by atoms with Crippen molar-refractivity contribution < 1.29 is 23.1 Å². The third-order valence-corrected chi connectivity index (χ3v) is 6.79. The Morgan fingerprint density at radius 1 is 1.03 bits per heavy atom. The zero-order valence-electron chi connectivity index (χ0n) is 17.6. The Morgan fingerprint density at radius 2 is 1.82 bits per heavy atom. The maximum absolute atomic E-state index is 13.8. The van der Waals surface area contributed by atoms with Crippen molar-refractivity contribution in [2.75, 3.05) is 0 Å². The molecule has 172 valence electrons. The minimum absolute atomic E-state index is 0.00419. The summed E-state index contributed by atoms with van der Waals surface area (Å²) in [7, 11) is 0. The molecule has 0 amide bonds. The number of aromatic nitrogens is 3. The van der Waals surface area contributed by atoms with Gasteiger partial charge in [-0.2, -0.15) is 18.3 Å². The summed E-state index contributed by atoms with van der Waals surface area (Å²) < 4.78 is 43.2. The van der Waals surface area contributed by atoms with Gasteiger partial charge in [0, 0.05) is 34.8 Å². The van der Waals surface area contributed by atoms with Gasteiger partial charge in [0.05, 0.1) is 22.7 Å². The first-order valence-electron chi connectivity index (χ1n) is 10.4. The van der Waals surface area contributed by atoms with Crippen LogP contribution in [0.15, 0.2) is 72.9 Å². The summed E-state index contributed by atoms with van der Waals surface area (Å²) in [5.74, 6) is -0.876. The molecule has 3 aromatic heterocycles. The number of fused-ring (bicyclic) bond motifs is 1. The summed E-state index contributed by atoms with van der Waals surface area (Å²) in [5, 5.41) is 17.1. The van der Waals surface area contributed by atoms with Crippen molar-refractivity contribution in [3.05, 3.63) is 77.8 Å². The topological polar surface area (TPSA) is 70.9 Å². The molecule has 0 bridgehead atoms. The van der Waals surface area contributed by atoms with Gasteiger partial charge in [-0.05, 0) is 29.8 Å². The fourth-order valence-corrected chi connectivity index (χ4v) is 5.02. The molecule has 0 saturated heterocycles. The Labute approximate surface area is 196 Å². The van der Waals surface area contributed by atoms with Crippen LogP contribution in [-0.4, -0.2) is 25.8 Å². The smallest absolute Gasteiger partial charge is 0.426 e. The first kappa shape index (κ1) is 22.0. The number of nitrogens with one attached hydrogen (secondary N) is 1. The van der Waals surface area contributed by atoms with Crippen LogP contribution in [0, 0.1) is 0 Å². The van der Waals surface area contributed by atoms with Crippen LogP contribution in [0.1, 0.15) is 11.3 Å². The lowest BCUT2D eigenvalue weighted by molar-refractivity contribution is -0.137. The largest absolute Gasteiger partial charge is 0.481 e. The van der Waals surface area contributed by atoms with Gasteiger partial charge in [0.1, 0.15) is 4.88 Å². The van der Waals surface area contributed by atoms with E-state index >= 15 is 0 Å². The van der Waals surface area contributed by atoms with E-state index in [2.05, 4.69) is 10.2 Å². The molecule has 2 aromatic carbocycles. The number of thiophene rings is 1.